The Hall–Kier alpha value is -0.630. The zero-order chi connectivity index (χ0) is 13.9. The van der Waals surface area contributed by atoms with E-state index in [0.717, 1.165) is 13.0 Å². The highest BCUT2D eigenvalue weighted by atomic mass is 15.2. The van der Waals surface area contributed by atoms with Crippen molar-refractivity contribution in [3.05, 3.63) is 0 Å². The van der Waals surface area contributed by atoms with Gasteiger partial charge in [-0.15, -0.1) is 0 Å². The molecule has 1 aliphatic carbocycles. The van der Waals surface area contributed by atoms with Gasteiger partial charge >= 0.3 is 0 Å². The summed E-state index contributed by atoms with van der Waals surface area (Å²) in [5, 5.41) is 12.9. The van der Waals surface area contributed by atoms with Crippen molar-refractivity contribution in [2.45, 2.75) is 56.7 Å². The molecule has 1 atom stereocenters. The summed E-state index contributed by atoms with van der Waals surface area (Å²) in [6.45, 7) is 5.46. The number of hydrogen-bond acceptors (Lipinski definition) is 4. The second-order valence-electron chi connectivity index (χ2n) is 6.63. The summed E-state index contributed by atoms with van der Waals surface area (Å²) >= 11 is 0. The molecule has 1 saturated heterocycles. The van der Waals surface area contributed by atoms with E-state index in [2.05, 4.69) is 35.3 Å². The first-order valence-electron chi connectivity index (χ1n) is 7.60. The molecule has 1 aliphatic heterocycles. The number of piperidine rings is 1. The Morgan fingerprint density at radius 1 is 1.32 bits per heavy atom. The Bertz CT molecular complexity index is 326. The van der Waals surface area contributed by atoms with Gasteiger partial charge in [0.25, 0.3) is 0 Å². The molecule has 2 aliphatic rings. The van der Waals surface area contributed by atoms with Crippen LogP contribution in [-0.2, 0) is 0 Å². The average molecular weight is 264 g/mol. The molecule has 1 unspecified atom stereocenters. The third kappa shape index (κ3) is 4.45. The number of nitriles is 1. The van der Waals surface area contributed by atoms with E-state index in [-0.39, 0.29) is 5.54 Å². The maximum atomic E-state index is 9.38. The predicted octanol–water partition coefficient (Wildman–Crippen LogP) is 1.44. The second kappa shape index (κ2) is 6.21. The first-order valence-corrected chi connectivity index (χ1v) is 7.60. The van der Waals surface area contributed by atoms with Crippen molar-refractivity contribution in [3.63, 3.8) is 0 Å². The van der Waals surface area contributed by atoms with E-state index >= 15 is 0 Å². The van der Waals surface area contributed by atoms with Gasteiger partial charge < -0.3 is 9.80 Å². The van der Waals surface area contributed by atoms with Crippen molar-refractivity contribution in [3.8, 4) is 6.07 Å². The topological polar surface area (TPSA) is 42.3 Å². The molecular weight excluding hydrogens is 236 g/mol. The van der Waals surface area contributed by atoms with Crippen LogP contribution in [0.2, 0.25) is 0 Å². The minimum atomic E-state index is -0.346. The summed E-state index contributed by atoms with van der Waals surface area (Å²) in [4.78, 5) is 4.86. The molecule has 4 heteroatoms. The van der Waals surface area contributed by atoms with Gasteiger partial charge in [-0.05, 0) is 66.2 Å². The SMILES string of the molecule is CN1CCC(N(C)CCC(C)(C#N)NC2CC2)CC1. The number of hydrogen-bond donors (Lipinski definition) is 1. The summed E-state index contributed by atoms with van der Waals surface area (Å²) in [6, 6.07) is 3.76. The fraction of sp³-hybridized carbons (Fsp3) is 0.933. The van der Waals surface area contributed by atoms with Crippen LogP contribution < -0.4 is 5.32 Å². The molecule has 1 heterocycles. The van der Waals surface area contributed by atoms with Crippen molar-refractivity contribution >= 4 is 0 Å². The molecule has 0 spiro atoms. The van der Waals surface area contributed by atoms with Gasteiger partial charge in [-0.1, -0.05) is 0 Å². The van der Waals surface area contributed by atoms with Crippen LogP contribution in [0.3, 0.4) is 0 Å². The molecule has 2 rings (SSSR count). The maximum absolute atomic E-state index is 9.38. The largest absolute Gasteiger partial charge is 0.306 e. The monoisotopic (exact) mass is 264 g/mol. The van der Waals surface area contributed by atoms with Crippen molar-refractivity contribution in [1.29, 1.82) is 5.26 Å². The normalized spacial score (nSPS) is 25.2. The highest BCUT2D eigenvalue weighted by molar-refractivity contribution is 5.07. The smallest absolute Gasteiger partial charge is 0.105 e. The van der Waals surface area contributed by atoms with Gasteiger partial charge in [-0.25, -0.2) is 0 Å². The van der Waals surface area contributed by atoms with Crippen molar-refractivity contribution < 1.29 is 0 Å². The number of nitrogens with one attached hydrogen (secondary N) is 1. The molecule has 0 aromatic heterocycles. The van der Waals surface area contributed by atoms with Gasteiger partial charge in [-0.2, -0.15) is 5.26 Å². The zero-order valence-electron chi connectivity index (χ0n) is 12.7. The van der Waals surface area contributed by atoms with Gasteiger partial charge in [-0.3, -0.25) is 5.32 Å². The maximum Gasteiger partial charge on any atom is 0.105 e. The van der Waals surface area contributed by atoms with Crippen LogP contribution in [0.5, 0.6) is 0 Å². The van der Waals surface area contributed by atoms with Crippen LogP contribution in [0, 0.1) is 11.3 Å². The van der Waals surface area contributed by atoms with Crippen molar-refractivity contribution in [2.24, 2.45) is 0 Å². The van der Waals surface area contributed by atoms with Crippen LogP contribution in [0.1, 0.15) is 39.0 Å². The Kier molecular flexibility index (Phi) is 4.83. The highest BCUT2D eigenvalue weighted by Crippen LogP contribution is 2.24. The molecule has 1 N–H and O–H groups in total. The van der Waals surface area contributed by atoms with Gasteiger partial charge in [0.1, 0.15) is 5.54 Å². The van der Waals surface area contributed by atoms with E-state index in [0.29, 0.717) is 12.1 Å². The molecule has 0 aromatic rings. The molecule has 2 fully saturated rings. The van der Waals surface area contributed by atoms with Crippen LogP contribution >= 0.6 is 0 Å². The Labute approximate surface area is 117 Å². The fourth-order valence-electron chi connectivity index (χ4n) is 2.86. The van der Waals surface area contributed by atoms with Crippen LogP contribution in [-0.4, -0.2) is 61.2 Å². The van der Waals surface area contributed by atoms with Crippen molar-refractivity contribution in [1.82, 2.24) is 15.1 Å². The van der Waals surface area contributed by atoms with E-state index in [9.17, 15) is 5.26 Å². The predicted molar refractivity (Wildman–Crippen MR) is 77.9 cm³/mol. The van der Waals surface area contributed by atoms with Gasteiger partial charge in [0.05, 0.1) is 6.07 Å². The second-order valence-corrected chi connectivity index (χ2v) is 6.63. The lowest BCUT2D eigenvalue weighted by Crippen LogP contribution is -2.47. The van der Waals surface area contributed by atoms with Crippen LogP contribution in [0.4, 0.5) is 0 Å². The number of likely N-dealkylation sites (tertiary alicyclic amines) is 1. The molecule has 108 valence electrons. The Morgan fingerprint density at radius 3 is 2.47 bits per heavy atom. The minimum absolute atomic E-state index is 0.346. The van der Waals surface area contributed by atoms with E-state index < -0.39 is 0 Å². The van der Waals surface area contributed by atoms with E-state index in [4.69, 9.17) is 0 Å². The molecule has 19 heavy (non-hydrogen) atoms. The van der Waals surface area contributed by atoms with E-state index in [1.807, 2.05) is 6.92 Å². The standard InChI is InChI=1S/C15H28N4/c1-15(12-16,17-13-4-5-13)8-11-19(3)14-6-9-18(2)10-7-14/h13-14,17H,4-11H2,1-3H3. The van der Waals surface area contributed by atoms with Gasteiger partial charge in [0.15, 0.2) is 0 Å². The van der Waals surface area contributed by atoms with Crippen LogP contribution in [0.15, 0.2) is 0 Å². The number of rotatable bonds is 6. The molecule has 0 amide bonds. The quantitative estimate of drug-likeness (QED) is 0.788. The minimum Gasteiger partial charge on any atom is -0.306 e. The summed E-state index contributed by atoms with van der Waals surface area (Å²) in [7, 11) is 4.41. The van der Waals surface area contributed by atoms with Crippen molar-refractivity contribution in [2.75, 3.05) is 33.7 Å². The lowest BCUT2D eigenvalue weighted by Gasteiger charge is -2.36. The molecule has 4 nitrogen and oxygen atoms in total. The summed E-state index contributed by atoms with van der Waals surface area (Å²) in [6.07, 6.45) is 5.91. The van der Waals surface area contributed by atoms with Gasteiger partial charge in [0, 0.05) is 18.6 Å². The van der Waals surface area contributed by atoms with E-state index in [1.54, 1.807) is 0 Å². The van der Waals surface area contributed by atoms with Gasteiger partial charge in [0.2, 0.25) is 0 Å². The van der Waals surface area contributed by atoms with E-state index in [1.165, 1.54) is 38.8 Å². The van der Waals surface area contributed by atoms with Crippen LogP contribution in [0.25, 0.3) is 0 Å². The molecular formula is C15H28N4. The summed E-state index contributed by atoms with van der Waals surface area (Å²) in [5.41, 5.74) is -0.346. The Balaban J connectivity index is 1.75. The summed E-state index contributed by atoms with van der Waals surface area (Å²) < 4.78 is 0. The lowest BCUT2D eigenvalue weighted by atomic mass is 9.97. The Morgan fingerprint density at radius 2 is 1.95 bits per heavy atom. The lowest BCUT2D eigenvalue weighted by molar-refractivity contribution is 0.137. The third-order valence-corrected chi connectivity index (χ3v) is 4.62. The molecule has 0 bridgehead atoms. The average Bonchev–Trinajstić information content (AvgIpc) is 3.21. The number of nitrogens with zero attached hydrogens (tertiary/aromatic N) is 3. The summed E-state index contributed by atoms with van der Waals surface area (Å²) in [5.74, 6) is 0. The third-order valence-electron chi connectivity index (χ3n) is 4.62. The molecule has 0 radical (unpaired) electrons. The molecule has 1 saturated carbocycles. The first kappa shape index (κ1) is 14.8. The zero-order valence-corrected chi connectivity index (χ0v) is 12.7. The first-order chi connectivity index (χ1) is 9.02. The molecule has 0 aromatic carbocycles. The fourth-order valence-corrected chi connectivity index (χ4v) is 2.86. The highest BCUT2D eigenvalue weighted by Gasteiger charge is 2.33.